The maximum absolute atomic E-state index is 15.3. The number of nitrogens with zero attached hydrogens (tertiary/aromatic N) is 7. The Morgan fingerprint density at radius 1 is 0.505 bits per heavy atom. The average molecular weight is 1350 g/mol. The molecule has 1 saturated heterocycles. The van der Waals surface area contributed by atoms with Gasteiger partial charge >= 0.3 is 5.97 Å². The maximum atomic E-state index is 15.3. The first kappa shape index (κ1) is 86.3. The highest BCUT2D eigenvalue weighted by Crippen LogP contribution is 2.26. The minimum absolute atomic E-state index is 0.00592. The van der Waals surface area contributed by atoms with Gasteiger partial charge in [0.05, 0.1) is 18.8 Å². The molecule has 0 bridgehead atoms. The van der Waals surface area contributed by atoms with E-state index in [4.69, 9.17) is 9.47 Å². The van der Waals surface area contributed by atoms with Gasteiger partial charge in [-0.2, -0.15) is 0 Å². The second kappa shape index (κ2) is 40.1. The number of esters is 1. The van der Waals surface area contributed by atoms with Crippen molar-refractivity contribution in [2.45, 2.75) is 254 Å². The van der Waals surface area contributed by atoms with Gasteiger partial charge in [-0.25, -0.2) is 0 Å². The summed E-state index contributed by atoms with van der Waals surface area (Å²) in [5, 5.41) is 22.4. The van der Waals surface area contributed by atoms with Crippen LogP contribution >= 0.6 is 0 Å². The van der Waals surface area contributed by atoms with E-state index < -0.39 is 161 Å². The number of allylic oxidation sites excluding steroid dienone is 2. The summed E-state index contributed by atoms with van der Waals surface area (Å²) in [6.45, 7) is 30.2. The van der Waals surface area contributed by atoms with Crippen LogP contribution in [0.4, 0.5) is 0 Å². The third-order valence-electron chi connectivity index (χ3n) is 17.5. The number of hydrogen-bond acceptors (Lipinski definition) is 15. The minimum Gasteiger partial charge on any atom is -0.466 e. The molecule has 0 radical (unpaired) electrons. The topological polar surface area (TPSA) is 314 Å². The van der Waals surface area contributed by atoms with Crippen molar-refractivity contribution in [3.63, 3.8) is 0 Å². The van der Waals surface area contributed by atoms with Crippen LogP contribution in [-0.4, -0.2) is 252 Å². The Hall–Kier alpha value is -6.70. The second-order valence-corrected chi connectivity index (χ2v) is 28.8. The fraction of sp³-hybridized carbons (Fsp3) is 0.797. The summed E-state index contributed by atoms with van der Waals surface area (Å²) in [6.07, 6.45) is 5.23. The third kappa shape index (κ3) is 26.7. The quantitative estimate of drug-likeness (QED) is 0.0578. The lowest BCUT2D eigenvalue weighted by Gasteiger charge is -2.41. The molecule has 0 aliphatic carbocycles. The number of ether oxygens (including phenoxy) is 2. The fourth-order valence-electron chi connectivity index (χ4n) is 11.6. The van der Waals surface area contributed by atoms with E-state index in [9.17, 15) is 33.9 Å². The standard InChI is InChI=1S/C69H123N11O15/c1-26-28-31-45(13)37-51-60(84)72-49(27-2)63(87)79(24)55(39-94-32-29-30-33-95-48(16)81)66(90)78(23)54(38-69(17,18)93)61(85)73-56(43(9)10)67(91)74(19)50(34-40(3)4)59(83)70-46(14)58(82)71-47(15)62(86)76(21)52(35-41(5)6)64(88)77(22)53(36-42(7)8)65(89)80(25)57(44(11)12)68(92)75(51)20/h26,28,40-47,49-57,93H,27,29-39H2,1-25H3,(H,70,83)(H,71,82)(H,72,84)(H,73,85)/b28-26+/t45-,46-,47+,49+,50-,51+,52+,53+,54+,55-,56-,57+/m1/s1. The highest BCUT2D eigenvalue weighted by Gasteiger charge is 2.45. The van der Waals surface area contributed by atoms with E-state index in [-0.39, 0.29) is 75.4 Å². The molecule has 544 valence electrons. The summed E-state index contributed by atoms with van der Waals surface area (Å²) in [4.78, 5) is 184. The first-order chi connectivity index (χ1) is 43.9. The number of carbonyl (C=O) groups is 12. The van der Waals surface area contributed by atoms with Crippen LogP contribution in [0.5, 0.6) is 0 Å². The lowest BCUT2D eigenvalue weighted by Crippen LogP contribution is -2.62. The van der Waals surface area contributed by atoms with Gasteiger partial charge in [0, 0.05) is 69.3 Å². The molecule has 1 rings (SSSR count). The van der Waals surface area contributed by atoms with Gasteiger partial charge in [0.15, 0.2) is 0 Å². The van der Waals surface area contributed by atoms with Crippen molar-refractivity contribution < 1.29 is 72.1 Å². The molecule has 1 heterocycles. The number of aliphatic hydroxyl groups is 1. The number of rotatable bonds is 22. The number of nitrogens with one attached hydrogen (secondary N) is 4. The van der Waals surface area contributed by atoms with Gasteiger partial charge in [-0.1, -0.05) is 95.2 Å². The molecule has 0 saturated carbocycles. The van der Waals surface area contributed by atoms with E-state index in [2.05, 4.69) is 21.3 Å². The van der Waals surface area contributed by atoms with Gasteiger partial charge in [-0.15, -0.1) is 0 Å². The molecular formula is C69H123N11O15. The number of amides is 11. The van der Waals surface area contributed by atoms with Crippen LogP contribution in [-0.2, 0) is 67.0 Å². The SMILES string of the molecule is C/C=C/C[C@@H](C)C[C@H]1C(=O)N[C@@H](CC)C(=O)N(C)[C@H](COCCCCOC(C)=O)C(=O)N(C)[C@@H](CC(C)(C)O)C(=O)N[C@H](C(C)C)C(=O)N(C)[C@H](CC(C)C)C(=O)N[C@H](C)C(=O)N[C@@H](C)C(=O)N(C)[C@@H](CC(C)C)C(=O)N(C)[C@@H](CC(C)C)C(=O)N(C)[C@@H](C(C)C)C(=O)N1C. The van der Waals surface area contributed by atoms with Crippen LogP contribution in [0.3, 0.4) is 0 Å². The Morgan fingerprint density at radius 3 is 1.41 bits per heavy atom. The highest BCUT2D eigenvalue weighted by atomic mass is 16.5. The molecule has 0 spiro atoms. The lowest BCUT2D eigenvalue weighted by molar-refractivity contribution is -0.156. The van der Waals surface area contributed by atoms with E-state index in [0.717, 1.165) is 9.80 Å². The summed E-state index contributed by atoms with van der Waals surface area (Å²) in [6, 6.07) is -14.1. The Balaban J connectivity index is 4.52. The molecule has 95 heavy (non-hydrogen) atoms. The maximum Gasteiger partial charge on any atom is 0.302 e. The zero-order valence-corrected chi connectivity index (χ0v) is 62.2. The fourth-order valence-corrected chi connectivity index (χ4v) is 11.6. The van der Waals surface area contributed by atoms with Gasteiger partial charge in [0.2, 0.25) is 65.0 Å². The molecular weight excluding hydrogens is 1220 g/mol. The molecule has 12 atom stereocenters. The monoisotopic (exact) mass is 1350 g/mol. The number of hydrogen-bond donors (Lipinski definition) is 5. The van der Waals surface area contributed by atoms with E-state index in [1.807, 2.05) is 67.5 Å². The molecule has 5 N–H and O–H groups in total. The Kier molecular flexibility index (Phi) is 36.5. The predicted octanol–water partition coefficient (Wildman–Crippen LogP) is 4.14. The molecule has 26 heteroatoms. The van der Waals surface area contributed by atoms with Crippen molar-refractivity contribution in [2.75, 3.05) is 69.2 Å². The van der Waals surface area contributed by atoms with E-state index >= 15 is 28.8 Å². The molecule has 0 unspecified atom stereocenters. The van der Waals surface area contributed by atoms with Crippen molar-refractivity contribution in [3.05, 3.63) is 12.2 Å². The first-order valence-electron chi connectivity index (χ1n) is 34.0. The average Bonchev–Trinajstić information content (AvgIpc) is 0.818. The molecule has 11 amide bonds. The summed E-state index contributed by atoms with van der Waals surface area (Å²) in [5.74, 6) is -10.1. The van der Waals surface area contributed by atoms with E-state index in [1.165, 1.54) is 108 Å². The van der Waals surface area contributed by atoms with Crippen LogP contribution in [0.1, 0.15) is 182 Å². The van der Waals surface area contributed by atoms with Crippen molar-refractivity contribution in [1.29, 1.82) is 0 Å². The smallest absolute Gasteiger partial charge is 0.302 e. The largest absolute Gasteiger partial charge is 0.466 e. The minimum atomic E-state index is -1.62. The van der Waals surface area contributed by atoms with Crippen molar-refractivity contribution in [1.82, 2.24) is 55.6 Å². The van der Waals surface area contributed by atoms with Crippen LogP contribution in [0.25, 0.3) is 0 Å². The molecule has 26 nitrogen and oxygen atoms in total. The first-order valence-corrected chi connectivity index (χ1v) is 34.0. The number of carbonyl (C=O) groups excluding carboxylic acids is 12. The molecule has 0 aromatic rings. The van der Waals surface area contributed by atoms with Gasteiger partial charge in [-0.05, 0) is 121 Å². The molecule has 1 aliphatic heterocycles. The van der Waals surface area contributed by atoms with Gasteiger partial charge < -0.3 is 70.1 Å². The molecule has 1 fully saturated rings. The Morgan fingerprint density at radius 2 is 0.926 bits per heavy atom. The van der Waals surface area contributed by atoms with Gasteiger partial charge in [0.25, 0.3) is 0 Å². The van der Waals surface area contributed by atoms with Crippen LogP contribution < -0.4 is 21.3 Å². The number of unbranched alkanes of at least 4 members (excludes halogenated alkanes) is 1. The van der Waals surface area contributed by atoms with Crippen molar-refractivity contribution >= 4 is 70.9 Å². The predicted molar refractivity (Wildman–Crippen MR) is 364 cm³/mol. The second-order valence-electron chi connectivity index (χ2n) is 28.8. The highest BCUT2D eigenvalue weighted by molar-refractivity contribution is 6.00. The zero-order valence-electron chi connectivity index (χ0n) is 62.2. The lowest BCUT2D eigenvalue weighted by atomic mass is 9.93. The summed E-state index contributed by atoms with van der Waals surface area (Å²) in [7, 11) is 9.92. The van der Waals surface area contributed by atoms with Crippen molar-refractivity contribution in [3.8, 4) is 0 Å². The molecule has 1 aliphatic rings. The molecule has 0 aromatic carbocycles. The Labute approximate surface area is 567 Å². The normalized spacial score (nSPS) is 25.8. The summed E-state index contributed by atoms with van der Waals surface area (Å²) < 4.78 is 11.1. The summed E-state index contributed by atoms with van der Waals surface area (Å²) >= 11 is 0. The van der Waals surface area contributed by atoms with E-state index in [1.54, 1.807) is 34.6 Å². The van der Waals surface area contributed by atoms with Crippen molar-refractivity contribution in [2.24, 2.45) is 35.5 Å². The Bertz CT molecular complexity index is 2610. The van der Waals surface area contributed by atoms with Gasteiger partial charge in [-0.3, -0.25) is 57.5 Å². The summed E-state index contributed by atoms with van der Waals surface area (Å²) in [5.41, 5.74) is -1.62. The third-order valence-corrected chi connectivity index (χ3v) is 17.5. The van der Waals surface area contributed by atoms with E-state index in [0.29, 0.717) is 19.3 Å². The van der Waals surface area contributed by atoms with Crippen LogP contribution in [0.2, 0.25) is 0 Å². The van der Waals surface area contributed by atoms with Crippen LogP contribution in [0.15, 0.2) is 12.2 Å². The van der Waals surface area contributed by atoms with Gasteiger partial charge in [0.1, 0.15) is 66.5 Å². The number of likely N-dealkylation sites (N-methyl/N-ethyl adjacent to an activating group) is 7. The van der Waals surface area contributed by atoms with Crippen LogP contribution in [0, 0.1) is 35.5 Å². The molecule has 0 aromatic heterocycles. The zero-order chi connectivity index (χ0) is 73.4.